The van der Waals surface area contributed by atoms with Crippen molar-refractivity contribution in [2.24, 2.45) is 5.92 Å². The molecule has 0 saturated carbocycles. The maximum atomic E-state index is 12.0. The van der Waals surface area contributed by atoms with Crippen molar-refractivity contribution in [1.82, 2.24) is 10.3 Å². The molecule has 5 heteroatoms. The number of carbonyl (C=O) groups is 1. The molecule has 0 radical (unpaired) electrons. The second kappa shape index (κ2) is 7.63. The van der Waals surface area contributed by atoms with Gasteiger partial charge in [0.2, 0.25) is 0 Å². The quantitative estimate of drug-likeness (QED) is 0.791. The van der Waals surface area contributed by atoms with Crippen molar-refractivity contribution in [3.8, 4) is 11.8 Å². The zero-order chi connectivity index (χ0) is 14.2. The number of hydrogen-bond acceptors (Lipinski definition) is 4. The van der Waals surface area contributed by atoms with Gasteiger partial charge < -0.3 is 15.2 Å². The minimum atomic E-state index is -0.210. The Labute approximate surface area is 118 Å². The summed E-state index contributed by atoms with van der Waals surface area (Å²) in [5.41, 5.74) is 1.10. The van der Waals surface area contributed by atoms with E-state index in [9.17, 15) is 4.79 Å². The van der Waals surface area contributed by atoms with Crippen molar-refractivity contribution in [3.05, 3.63) is 29.6 Å². The first-order chi connectivity index (χ1) is 9.79. The normalized spacial score (nSPS) is 17.9. The topological polar surface area (TPSA) is 71.5 Å². The van der Waals surface area contributed by atoms with Crippen LogP contribution in [0.5, 0.6) is 0 Å². The summed E-state index contributed by atoms with van der Waals surface area (Å²) in [6.07, 6.45) is 5.21. The van der Waals surface area contributed by atoms with Crippen molar-refractivity contribution in [2.45, 2.75) is 12.8 Å². The molecule has 1 fully saturated rings. The van der Waals surface area contributed by atoms with Crippen LogP contribution in [-0.2, 0) is 4.74 Å². The average Bonchev–Trinajstić information content (AvgIpc) is 2.52. The van der Waals surface area contributed by atoms with Crippen LogP contribution in [-0.4, -0.2) is 42.4 Å². The predicted molar refractivity (Wildman–Crippen MR) is 74.1 cm³/mol. The number of aliphatic hydroxyl groups is 1. The zero-order valence-electron chi connectivity index (χ0n) is 11.3. The highest BCUT2D eigenvalue weighted by molar-refractivity contribution is 5.94. The predicted octanol–water partition coefficient (Wildman–Crippen LogP) is 0.582. The van der Waals surface area contributed by atoms with Crippen LogP contribution in [0.25, 0.3) is 0 Å². The van der Waals surface area contributed by atoms with Crippen molar-refractivity contribution < 1.29 is 14.6 Å². The van der Waals surface area contributed by atoms with Gasteiger partial charge in [0.15, 0.2) is 0 Å². The summed E-state index contributed by atoms with van der Waals surface area (Å²) in [6, 6.07) is 1.67. The van der Waals surface area contributed by atoms with Crippen LogP contribution >= 0.6 is 0 Å². The number of amides is 1. The Morgan fingerprint density at radius 1 is 1.55 bits per heavy atom. The Balaban J connectivity index is 1.91. The summed E-state index contributed by atoms with van der Waals surface area (Å²) in [5.74, 6) is 5.49. The summed E-state index contributed by atoms with van der Waals surface area (Å²) in [6.45, 7) is 1.93. The molecule has 5 nitrogen and oxygen atoms in total. The van der Waals surface area contributed by atoms with Gasteiger partial charge in [0.05, 0.1) is 12.2 Å². The molecule has 0 bridgehead atoms. The summed E-state index contributed by atoms with van der Waals surface area (Å²) < 4.78 is 5.38. The molecule has 1 unspecified atom stereocenters. The lowest BCUT2D eigenvalue weighted by atomic mass is 10.0. The highest BCUT2D eigenvalue weighted by Gasteiger charge is 2.15. The molecule has 1 aliphatic rings. The minimum absolute atomic E-state index is 0.157. The van der Waals surface area contributed by atoms with Gasteiger partial charge >= 0.3 is 0 Å². The number of rotatable bonds is 3. The van der Waals surface area contributed by atoms with Crippen LogP contribution in [0.2, 0.25) is 0 Å². The van der Waals surface area contributed by atoms with Gasteiger partial charge in [-0.1, -0.05) is 11.8 Å². The number of carbonyl (C=O) groups excluding carboxylic acids is 1. The van der Waals surface area contributed by atoms with E-state index in [-0.39, 0.29) is 12.5 Å². The van der Waals surface area contributed by atoms with E-state index in [4.69, 9.17) is 9.84 Å². The number of nitrogens with zero attached hydrogens (tertiary/aromatic N) is 1. The highest BCUT2D eigenvalue weighted by Crippen LogP contribution is 2.12. The molecule has 1 amide bonds. The van der Waals surface area contributed by atoms with Crippen LogP contribution < -0.4 is 5.32 Å². The van der Waals surface area contributed by atoms with Gasteiger partial charge in [0, 0.05) is 31.1 Å². The lowest BCUT2D eigenvalue weighted by Crippen LogP contribution is -2.33. The lowest BCUT2D eigenvalue weighted by Gasteiger charge is -2.22. The Kier molecular flexibility index (Phi) is 5.54. The molecule has 2 N–H and O–H groups in total. The maximum absolute atomic E-state index is 12.0. The third kappa shape index (κ3) is 4.34. The van der Waals surface area contributed by atoms with Crippen molar-refractivity contribution in [1.29, 1.82) is 0 Å². The second-order valence-electron chi connectivity index (χ2n) is 4.72. The smallest absolute Gasteiger partial charge is 0.252 e. The van der Waals surface area contributed by atoms with E-state index in [0.717, 1.165) is 19.4 Å². The SMILES string of the molecule is O=C(NCC1CCCOC1)c1cncc(C#CCO)c1. The molecule has 1 aromatic heterocycles. The van der Waals surface area contributed by atoms with Gasteiger partial charge in [-0.25, -0.2) is 0 Å². The van der Waals surface area contributed by atoms with E-state index < -0.39 is 0 Å². The molecule has 0 aromatic carbocycles. The fourth-order valence-electron chi connectivity index (χ4n) is 2.08. The van der Waals surface area contributed by atoms with Crippen molar-refractivity contribution in [2.75, 3.05) is 26.4 Å². The van der Waals surface area contributed by atoms with Gasteiger partial charge in [-0.05, 0) is 24.8 Å². The van der Waals surface area contributed by atoms with Gasteiger partial charge in [-0.3, -0.25) is 9.78 Å². The number of aromatic nitrogens is 1. The number of nitrogens with one attached hydrogen (secondary N) is 1. The second-order valence-corrected chi connectivity index (χ2v) is 4.72. The maximum Gasteiger partial charge on any atom is 0.252 e. The van der Waals surface area contributed by atoms with E-state index in [1.807, 2.05) is 0 Å². The molecule has 106 valence electrons. The van der Waals surface area contributed by atoms with E-state index in [2.05, 4.69) is 22.1 Å². The van der Waals surface area contributed by atoms with Crippen LogP contribution in [0.15, 0.2) is 18.5 Å². The molecule has 1 aliphatic heterocycles. The minimum Gasteiger partial charge on any atom is -0.384 e. The molecular formula is C15H18N2O3. The first kappa shape index (κ1) is 14.5. The zero-order valence-corrected chi connectivity index (χ0v) is 11.3. The molecule has 1 atom stereocenters. The lowest BCUT2D eigenvalue weighted by molar-refractivity contribution is 0.0536. The van der Waals surface area contributed by atoms with E-state index in [1.54, 1.807) is 12.3 Å². The Hall–Kier alpha value is -1.90. The first-order valence-corrected chi connectivity index (χ1v) is 6.70. The number of pyridine rings is 1. The summed E-state index contributed by atoms with van der Waals surface area (Å²) in [5, 5.41) is 11.5. The van der Waals surface area contributed by atoms with Gasteiger partial charge in [-0.15, -0.1) is 0 Å². The van der Waals surface area contributed by atoms with Crippen molar-refractivity contribution >= 4 is 5.91 Å². The fraction of sp³-hybridized carbons (Fsp3) is 0.467. The Bertz CT molecular complexity index is 513. The first-order valence-electron chi connectivity index (χ1n) is 6.70. The van der Waals surface area contributed by atoms with Crippen LogP contribution in [0.3, 0.4) is 0 Å². The molecule has 1 aromatic rings. The third-order valence-electron chi connectivity index (χ3n) is 3.12. The van der Waals surface area contributed by atoms with E-state index in [1.165, 1.54) is 6.20 Å². The molecule has 20 heavy (non-hydrogen) atoms. The molecule has 1 saturated heterocycles. The third-order valence-corrected chi connectivity index (χ3v) is 3.12. The van der Waals surface area contributed by atoms with E-state index >= 15 is 0 Å². The summed E-state index contributed by atoms with van der Waals surface area (Å²) in [7, 11) is 0. The average molecular weight is 274 g/mol. The fourth-order valence-corrected chi connectivity index (χ4v) is 2.08. The number of aliphatic hydroxyl groups excluding tert-OH is 1. The molecule has 0 spiro atoms. The molecule has 2 rings (SSSR count). The number of ether oxygens (including phenoxy) is 1. The van der Waals surface area contributed by atoms with Gasteiger partial charge in [0.25, 0.3) is 5.91 Å². The largest absolute Gasteiger partial charge is 0.384 e. The van der Waals surface area contributed by atoms with Crippen LogP contribution in [0, 0.1) is 17.8 Å². The van der Waals surface area contributed by atoms with Gasteiger partial charge in [0.1, 0.15) is 6.61 Å². The Morgan fingerprint density at radius 3 is 3.20 bits per heavy atom. The highest BCUT2D eigenvalue weighted by atomic mass is 16.5. The van der Waals surface area contributed by atoms with E-state index in [0.29, 0.717) is 30.2 Å². The van der Waals surface area contributed by atoms with Crippen LogP contribution in [0.1, 0.15) is 28.8 Å². The van der Waals surface area contributed by atoms with Gasteiger partial charge in [-0.2, -0.15) is 0 Å². The monoisotopic (exact) mass is 274 g/mol. The standard InChI is InChI=1S/C15H18N2O3/c18-5-1-3-12-7-14(10-16-8-12)15(19)17-9-13-4-2-6-20-11-13/h7-8,10,13,18H,2,4-6,9,11H2,(H,17,19). The molecule has 2 heterocycles. The number of hydrogen-bond donors (Lipinski definition) is 2. The molecule has 0 aliphatic carbocycles. The Morgan fingerprint density at radius 2 is 2.45 bits per heavy atom. The van der Waals surface area contributed by atoms with Crippen LogP contribution in [0.4, 0.5) is 0 Å². The summed E-state index contributed by atoms with van der Waals surface area (Å²) in [4.78, 5) is 16.0. The molecular weight excluding hydrogens is 256 g/mol. The van der Waals surface area contributed by atoms with Crippen molar-refractivity contribution in [3.63, 3.8) is 0 Å². The summed E-state index contributed by atoms with van der Waals surface area (Å²) >= 11 is 0.